The average molecular weight is 187 g/mol. The lowest BCUT2D eigenvalue weighted by Gasteiger charge is -1.97. The Bertz CT molecular complexity index is 238. The van der Waals surface area contributed by atoms with Crippen molar-refractivity contribution in [1.82, 2.24) is 5.32 Å². The van der Waals surface area contributed by atoms with Crippen molar-refractivity contribution in [3.05, 3.63) is 42.4 Å². The Morgan fingerprint density at radius 3 is 2.42 bits per heavy atom. The van der Waals surface area contributed by atoms with Crippen LogP contribution in [0.15, 0.2) is 30.3 Å². The summed E-state index contributed by atoms with van der Waals surface area (Å²) in [5, 5.41) is 10.4. The van der Waals surface area contributed by atoms with E-state index in [9.17, 15) is 4.79 Å². The lowest BCUT2D eigenvalue weighted by Crippen LogP contribution is -2.17. The van der Waals surface area contributed by atoms with Crippen LogP contribution in [0.3, 0.4) is 0 Å². The highest BCUT2D eigenvalue weighted by Crippen LogP contribution is 1.98. The molecule has 0 aliphatic carbocycles. The molecule has 65 valence electrons. The van der Waals surface area contributed by atoms with Crippen LogP contribution in [0.4, 0.5) is 4.79 Å². The predicted octanol–water partition coefficient (Wildman–Crippen LogP) is 1.89. The molecular formula is C8H9ClNO2. The van der Waals surface area contributed by atoms with Crippen LogP contribution in [0.5, 0.6) is 0 Å². The number of hydrogen-bond donors (Lipinski definition) is 2. The SMILES string of the molecule is Cl.O=C(O)N[CH]c1ccccc1. The molecule has 4 heteroatoms. The molecule has 0 saturated heterocycles. The third-order valence-corrected chi connectivity index (χ3v) is 1.16. The molecule has 0 unspecified atom stereocenters. The third-order valence-electron chi connectivity index (χ3n) is 1.16. The monoisotopic (exact) mass is 186 g/mol. The first-order valence-corrected chi connectivity index (χ1v) is 3.17. The second-order valence-electron chi connectivity index (χ2n) is 2.00. The fourth-order valence-electron chi connectivity index (χ4n) is 0.694. The first kappa shape index (κ1) is 10.8. The molecule has 1 radical (unpaired) electrons. The zero-order valence-corrected chi connectivity index (χ0v) is 7.04. The van der Waals surface area contributed by atoms with Crippen LogP contribution >= 0.6 is 12.4 Å². The molecule has 3 nitrogen and oxygen atoms in total. The maximum Gasteiger partial charge on any atom is 0.405 e. The minimum atomic E-state index is -1.05. The number of hydrogen-bond acceptors (Lipinski definition) is 1. The molecule has 1 aromatic rings. The number of amides is 1. The van der Waals surface area contributed by atoms with Crippen molar-refractivity contribution in [3.8, 4) is 0 Å². The van der Waals surface area contributed by atoms with E-state index in [1.54, 1.807) is 0 Å². The van der Waals surface area contributed by atoms with Crippen LogP contribution in [0.25, 0.3) is 0 Å². The Kier molecular flexibility index (Phi) is 4.88. The van der Waals surface area contributed by atoms with Gasteiger partial charge in [-0.15, -0.1) is 12.4 Å². The number of carbonyl (C=O) groups is 1. The average Bonchev–Trinajstić information content (AvgIpc) is 2.03. The molecule has 0 atom stereocenters. The molecule has 0 saturated carbocycles. The van der Waals surface area contributed by atoms with E-state index in [0.717, 1.165) is 5.56 Å². The van der Waals surface area contributed by atoms with Gasteiger partial charge in [-0.1, -0.05) is 30.3 Å². The van der Waals surface area contributed by atoms with E-state index in [1.165, 1.54) is 6.54 Å². The summed E-state index contributed by atoms with van der Waals surface area (Å²) >= 11 is 0. The molecule has 1 rings (SSSR count). The summed E-state index contributed by atoms with van der Waals surface area (Å²) in [4.78, 5) is 10.0. The number of rotatable bonds is 2. The first-order valence-electron chi connectivity index (χ1n) is 3.17. The van der Waals surface area contributed by atoms with E-state index in [2.05, 4.69) is 5.32 Å². The van der Waals surface area contributed by atoms with E-state index in [0.29, 0.717) is 0 Å². The Balaban J connectivity index is 0.00000121. The van der Waals surface area contributed by atoms with Crippen molar-refractivity contribution in [1.29, 1.82) is 0 Å². The Morgan fingerprint density at radius 1 is 1.33 bits per heavy atom. The van der Waals surface area contributed by atoms with Crippen LogP contribution < -0.4 is 5.32 Å². The van der Waals surface area contributed by atoms with Gasteiger partial charge in [-0.3, -0.25) is 0 Å². The van der Waals surface area contributed by atoms with Gasteiger partial charge in [0.25, 0.3) is 0 Å². The molecule has 0 spiro atoms. The first-order chi connectivity index (χ1) is 5.29. The molecule has 0 heterocycles. The smallest absolute Gasteiger partial charge is 0.405 e. The molecule has 1 aromatic carbocycles. The summed E-state index contributed by atoms with van der Waals surface area (Å²) in [7, 11) is 0. The summed E-state index contributed by atoms with van der Waals surface area (Å²) in [6.45, 7) is 1.43. The van der Waals surface area contributed by atoms with Gasteiger partial charge in [0.15, 0.2) is 0 Å². The highest BCUT2D eigenvalue weighted by Gasteiger charge is 1.94. The second kappa shape index (κ2) is 5.43. The summed E-state index contributed by atoms with van der Waals surface area (Å²) < 4.78 is 0. The largest absolute Gasteiger partial charge is 0.465 e. The minimum absolute atomic E-state index is 0. The van der Waals surface area contributed by atoms with E-state index >= 15 is 0 Å². The van der Waals surface area contributed by atoms with Gasteiger partial charge < -0.3 is 10.4 Å². The molecule has 0 fully saturated rings. The number of carboxylic acid groups (broad SMARTS) is 1. The Morgan fingerprint density at radius 2 is 1.92 bits per heavy atom. The number of benzene rings is 1. The summed E-state index contributed by atoms with van der Waals surface area (Å²) in [6.07, 6.45) is -1.05. The van der Waals surface area contributed by atoms with Crippen LogP contribution in [0, 0.1) is 6.54 Å². The van der Waals surface area contributed by atoms with Crippen LogP contribution in [-0.2, 0) is 0 Å². The molecule has 2 N–H and O–H groups in total. The van der Waals surface area contributed by atoms with Crippen molar-refractivity contribution in [2.24, 2.45) is 0 Å². The van der Waals surface area contributed by atoms with Crippen LogP contribution in [-0.4, -0.2) is 11.2 Å². The lowest BCUT2D eigenvalue weighted by molar-refractivity contribution is 0.197. The molecule has 0 aliphatic rings. The maximum absolute atomic E-state index is 10.0. The van der Waals surface area contributed by atoms with Gasteiger partial charge in [0.05, 0.1) is 6.54 Å². The summed E-state index contributed by atoms with van der Waals surface area (Å²) in [6, 6.07) is 9.19. The lowest BCUT2D eigenvalue weighted by atomic mass is 10.2. The van der Waals surface area contributed by atoms with Crippen LogP contribution in [0.1, 0.15) is 5.56 Å². The quantitative estimate of drug-likeness (QED) is 0.741. The molecular weight excluding hydrogens is 178 g/mol. The van der Waals surface area contributed by atoms with Crippen molar-refractivity contribution in [2.45, 2.75) is 0 Å². The Labute approximate surface area is 76.8 Å². The molecule has 1 amide bonds. The highest BCUT2D eigenvalue weighted by molar-refractivity contribution is 5.85. The molecule has 12 heavy (non-hydrogen) atoms. The zero-order chi connectivity index (χ0) is 8.10. The van der Waals surface area contributed by atoms with Gasteiger partial charge in [-0.05, 0) is 5.56 Å². The van der Waals surface area contributed by atoms with Gasteiger partial charge >= 0.3 is 6.09 Å². The third kappa shape index (κ3) is 3.83. The fraction of sp³-hybridized carbons (Fsp3) is 0. The van der Waals surface area contributed by atoms with Gasteiger partial charge in [0.2, 0.25) is 0 Å². The number of halogens is 1. The molecule has 0 aromatic heterocycles. The van der Waals surface area contributed by atoms with Gasteiger partial charge in [0, 0.05) is 0 Å². The summed E-state index contributed by atoms with van der Waals surface area (Å²) in [5.74, 6) is 0. The van der Waals surface area contributed by atoms with Gasteiger partial charge in [-0.25, -0.2) is 4.79 Å². The van der Waals surface area contributed by atoms with E-state index < -0.39 is 6.09 Å². The van der Waals surface area contributed by atoms with Crippen LogP contribution in [0.2, 0.25) is 0 Å². The minimum Gasteiger partial charge on any atom is -0.465 e. The second-order valence-corrected chi connectivity index (χ2v) is 2.00. The zero-order valence-electron chi connectivity index (χ0n) is 6.23. The van der Waals surface area contributed by atoms with Crippen molar-refractivity contribution < 1.29 is 9.90 Å². The standard InChI is InChI=1S/C8H8NO2.ClH/c10-8(11)9-6-7-4-2-1-3-5-7;/h1-6,9H,(H,10,11);1H. The predicted molar refractivity (Wildman–Crippen MR) is 48.3 cm³/mol. The molecule has 0 aliphatic heterocycles. The van der Waals surface area contributed by atoms with E-state index in [4.69, 9.17) is 5.11 Å². The number of nitrogens with one attached hydrogen (secondary N) is 1. The highest BCUT2D eigenvalue weighted by atomic mass is 35.5. The maximum atomic E-state index is 10.0. The fourth-order valence-corrected chi connectivity index (χ4v) is 0.694. The van der Waals surface area contributed by atoms with E-state index in [1.807, 2.05) is 30.3 Å². The van der Waals surface area contributed by atoms with Crippen molar-refractivity contribution in [3.63, 3.8) is 0 Å². The molecule has 0 bridgehead atoms. The van der Waals surface area contributed by atoms with Crippen molar-refractivity contribution >= 4 is 18.5 Å². The normalized spacial score (nSPS) is 8.33. The Hall–Kier alpha value is -1.22. The topological polar surface area (TPSA) is 49.3 Å². The van der Waals surface area contributed by atoms with Crippen molar-refractivity contribution in [2.75, 3.05) is 0 Å². The van der Waals surface area contributed by atoms with E-state index in [-0.39, 0.29) is 12.4 Å². The van der Waals surface area contributed by atoms with Gasteiger partial charge in [0.1, 0.15) is 0 Å². The van der Waals surface area contributed by atoms with Gasteiger partial charge in [-0.2, -0.15) is 0 Å². The summed E-state index contributed by atoms with van der Waals surface area (Å²) in [5.41, 5.74) is 0.843.